The van der Waals surface area contributed by atoms with Gasteiger partial charge in [-0.15, -0.1) is 0 Å². The number of rotatable bonds is 6. The number of phenols is 1. The van der Waals surface area contributed by atoms with Gasteiger partial charge in [0, 0.05) is 17.7 Å². The molecule has 182 valence electrons. The van der Waals surface area contributed by atoms with Crippen LogP contribution < -0.4 is 19.6 Å². The number of methoxy groups -OCH3 is 2. The first kappa shape index (κ1) is 23.8. The minimum absolute atomic E-state index is 0.00311. The average molecular weight is 476 g/mol. The largest absolute Gasteiger partial charge is 0.508 e. The molecule has 2 aromatic carbocycles. The third-order valence-electron chi connectivity index (χ3n) is 5.55. The molecule has 0 aliphatic carbocycles. The van der Waals surface area contributed by atoms with Gasteiger partial charge in [-0.1, -0.05) is 0 Å². The number of aromatic hydroxyl groups is 1. The summed E-state index contributed by atoms with van der Waals surface area (Å²) in [6.45, 7) is -0.654. The highest BCUT2D eigenvalue weighted by Gasteiger charge is 2.45. The molecule has 0 bridgehead atoms. The van der Waals surface area contributed by atoms with Crippen LogP contribution in [0.3, 0.4) is 0 Å². The molecule has 0 unspecified atom stereocenters. The Labute approximate surface area is 192 Å². The van der Waals surface area contributed by atoms with Gasteiger partial charge in [0.05, 0.1) is 20.8 Å². The van der Waals surface area contributed by atoms with Crippen LogP contribution in [0.25, 0.3) is 22.3 Å². The zero-order valence-electron chi connectivity index (χ0n) is 18.2. The summed E-state index contributed by atoms with van der Waals surface area (Å²) in [6.07, 6.45) is -7.77. The predicted octanol–water partition coefficient (Wildman–Crippen LogP) is 0.361. The molecule has 1 aliphatic rings. The third-order valence-corrected chi connectivity index (χ3v) is 5.55. The average Bonchev–Trinajstić information content (AvgIpc) is 2.83. The standard InChI is InChI=1S/C23H24O11/c1-30-15-8-14-17(12(26)7-13(32-14)10-3-5-11(25)6-4-10)22(21(15)31-2)34-23-20(29)19(28)18(27)16(9-24)33-23/h3-8,16,18-20,23-25,27-29H,9H2,1-2H3/t16-,18-,19+,20-,23+/m1/s1. The first-order valence-corrected chi connectivity index (χ1v) is 10.3. The highest BCUT2D eigenvalue weighted by molar-refractivity contribution is 5.90. The molecule has 11 heteroatoms. The number of aliphatic hydroxyl groups is 4. The van der Waals surface area contributed by atoms with Crippen molar-refractivity contribution in [2.75, 3.05) is 20.8 Å². The molecule has 5 atom stereocenters. The summed E-state index contributed by atoms with van der Waals surface area (Å²) in [4.78, 5) is 13.2. The first-order valence-electron chi connectivity index (χ1n) is 10.3. The number of fused-ring (bicyclic) bond motifs is 1. The van der Waals surface area contributed by atoms with Crippen molar-refractivity contribution in [3.05, 3.63) is 46.6 Å². The van der Waals surface area contributed by atoms with Gasteiger partial charge in [-0.05, 0) is 24.3 Å². The number of aliphatic hydroxyl groups excluding tert-OH is 4. The van der Waals surface area contributed by atoms with E-state index in [1.54, 1.807) is 12.1 Å². The van der Waals surface area contributed by atoms with E-state index in [9.17, 15) is 30.3 Å². The van der Waals surface area contributed by atoms with Crippen LogP contribution >= 0.6 is 0 Å². The third kappa shape index (κ3) is 4.15. The van der Waals surface area contributed by atoms with Gasteiger partial charge in [-0.25, -0.2) is 0 Å². The second kappa shape index (κ2) is 9.49. The molecule has 1 fully saturated rings. The van der Waals surface area contributed by atoms with Gasteiger partial charge in [0.2, 0.25) is 12.0 Å². The maximum atomic E-state index is 13.2. The second-order valence-corrected chi connectivity index (χ2v) is 7.65. The zero-order chi connectivity index (χ0) is 24.6. The molecule has 2 heterocycles. The van der Waals surface area contributed by atoms with Crippen molar-refractivity contribution in [1.29, 1.82) is 0 Å². The van der Waals surface area contributed by atoms with E-state index in [1.165, 1.54) is 38.5 Å². The molecule has 1 aliphatic heterocycles. The van der Waals surface area contributed by atoms with Gasteiger partial charge in [0.1, 0.15) is 46.9 Å². The Morgan fingerprint density at radius 1 is 0.941 bits per heavy atom. The van der Waals surface area contributed by atoms with Crippen LogP contribution in [0.5, 0.6) is 23.0 Å². The topological polar surface area (TPSA) is 168 Å². The molecule has 0 spiro atoms. The molecule has 11 nitrogen and oxygen atoms in total. The summed E-state index contributed by atoms with van der Waals surface area (Å²) in [7, 11) is 2.68. The minimum Gasteiger partial charge on any atom is -0.508 e. The Morgan fingerprint density at radius 2 is 1.65 bits per heavy atom. The second-order valence-electron chi connectivity index (χ2n) is 7.65. The van der Waals surface area contributed by atoms with Gasteiger partial charge in [-0.3, -0.25) is 4.79 Å². The number of phenolic OH excluding ortho intramolecular Hbond substituents is 1. The SMILES string of the molecule is COc1cc2oc(-c3ccc(O)cc3)cc(=O)c2c(O[C@@H]2O[C@H](CO)[C@@H](O)[C@H](O)[C@H]2O)c1OC. The van der Waals surface area contributed by atoms with E-state index < -0.39 is 42.7 Å². The summed E-state index contributed by atoms with van der Waals surface area (Å²) in [6, 6.07) is 8.70. The summed E-state index contributed by atoms with van der Waals surface area (Å²) >= 11 is 0. The lowest BCUT2D eigenvalue weighted by atomic mass is 9.99. The summed E-state index contributed by atoms with van der Waals surface area (Å²) in [5.74, 6) is 0.210. The van der Waals surface area contributed by atoms with Gasteiger partial charge >= 0.3 is 0 Å². The maximum Gasteiger partial charge on any atom is 0.229 e. The Kier molecular flexibility index (Phi) is 6.64. The fourth-order valence-electron chi connectivity index (χ4n) is 3.75. The Morgan fingerprint density at radius 3 is 2.26 bits per heavy atom. The van der Waals surface area contributed by atoms with E-state index in [0.29, 0.717) is 5.56 Å². The molecule has 4 rings (SSSR count). The number of hydrogen-bond donors (Lipinski definition) is 5. The summed E-state index contributed by atoms with van der Waals surface area (Å²) in [5.41, 5.74) is 0.0701. The van der Waals surface area contributed by atoms with E-state index in [0.717, 1.165) is 0 Å². The fourth-order valence-corrected chi connectivity index (χ4v) is 3.75. The van der Waals surface area contributed by atoms with Crippen molar-refractivity contribution in [3.8, 4) is 34.3 Å². The molecule has 0 saturated carbocycles. The quantitative estimate of drug-likeness (QED) is 0.333. The van der Waals surface area contributed by atoms with Crippen molar-refractivity contribution < 1.29 is 48.9 Å². The van der Waals surface area contributed by atoms with Gasteiger partial charge in [-0.2, -0.15) is 0 Å². The number of ether oxygens (including phenoxy) is 4. The van der Waals surface area contributed by atoms with Gasteiger partial charge in [0.25, 0.3) is 0 Å². The van der Waals surface area contributed by atoms with Gasteiger partial charge in [0.15, 0.2) is 16.9 Å². The Bertz CT molecular complexity index is 1220. The van der Waals surface area contributed by atoms with Crippen molar-refractivity contribution in [1.82, 2.24) is 0 Å². The minimum atomic E-state index is -1.72. The first-order chi connectivity index (χ1) is 16.3. The predicted molar refractivity (Wildman–Crippen MR) is 117 cm³/mol. The monoisotopic (exact) mass is 476 g/mol. The van der Waals surface area contributed by atoms with E-state index >= 15 is 0 Å². The lowest BCUT2D eigenvalue weighted by Crippen LogP contribution is -2.60. The normalized spacial score (nSPS) is 24.7. The molecule has 0 amide bonds. The number of hydrogen-bond acceptors (Lipinski definition) is 11. The molecular weight excluding hydrogens is 452 g/mol. The van der Waals surface area contributed by atoms with Gasteiger partial charge < -0.3 is 48.9 Å². The molecule has 1 aromatic heterocycles. The molecule has 0 radical (unpaired) electrons. The van der Waals surface area contributed by atoms with Crippen LogP contribution in [-0.4, -0.2) is 77.1 Å². The zero-order valence-corrected chi connectivity index (χ0v) is 18.2. The van der Waals surface area contributed by atoms with Crippen molar-refractivity contribution in [3.63, 3.8) is 0 Å². The summed E-state index contributed by atoms with van der Waals surface area (Å²) in [5, 5.41) is 49.4. The van der Waals surface area contributed by atoms with Crippen LogP contribution in [-0.2, 0) is 4.74 Å². The van der Waals surface area contributed by atoms with Crippen LogP contribution in [0.15, 0.2) is 45.6 Å². The van der Waals surface area contributed by atoms with E-state index in [-0.39, 0.29) is 39.7 Å². The van der Waals surface area contributed by atoms with E-state index in [4.69, 9.17) is 23.4 Å². The Balaban J connectivity index is 1.86. The van der Waals surface area contributed by atoms with E-state index in [2.05, 4.69) is 0 Å². The van der Waals surface area contributed by atoms with Crippen LogP contribution in [0, 0.1) is 0 Å². The van der Waals surface area contributed by atoms with E-state index in [1.807, 2.05) is 0 Å². The molecule has 5 N–H and O–H groups in total. The van der Waals surface area contributed by atoms with Crippen LogP contribution in [0.2, 0.25) is 0 Å². The van der Waals surface area contributed by atoms with Crippen molar-refractivity contribution >= 4 is 11.0 Å². The highest BCUT2D eigenvalue weighted by atomic mass is 16.7. The van der Waals surface area contributed by atoms with Crippen LogP contribution in [0.4, 0.5) is 0 Å². The van der Waals surface area contributed by atoms with Crippen molar-refractivity contribution in [2.24, 2.45) is 0 Å². The maximum absolute atomic E-state index is 13.2. The molecular formula is C23H24O11. The number of benzene rings is 2. The fraction of sp³-hybridized carbons (Fsp3) is 0.348. The molecule has 3 aromatic rings. The Hall–Kier alpha value is -3.35. The van der Waals surface area contributed by atoms with Crippen molar-refractivity contribution in [2.45, 2.75) is 30.7 Å². The lowest BCUT2D eigenvalue weighted by molar-refractivity contribution is -0.277. The highest BCUT2D eigenvalue weighted by Crippen LogP contribution is 2.44. The molecule has 34 heavy (non-hydrogen) atoms. The smallest absolute Gasteiger partial charge is 0.229 e. The molecule has 1 saturated heterocycles. The summed E-state index contributed by atoms with van der Waals surface area (Å²) < 4.78 is 27.8. The lowest BCUT2D eigenvalue weighted by Gasteiger charge is -2.39. The van der Waals surface area contributed by atoms with Crippen LogP contribution in [0.1, 0.15) is 0 Å².